The van der Waals surface area contributed by atoms with E-state index >= 15 is 0 Å². The van der Waals surface area contributed by atoms with Crippen LogP contribution in [0.25, 0.3) is 0 Å². The topological polar surface area (TPSA) is 25.2 Å². The van der Waals surface area contributed by atoms with E-state index in [4.69, 9.17) is 4.42 Å². The molecule has 0 saturated heterocycles. The van der Waals surface area contributed by atoms with Gasteiger partial charge in [-0.3, -0.25) is 0 Å². The summed E-state index contributed by atoms with van der Waals surface area (Å²) >= 11 is 0. The van der Waals surface area contributed by atoms with Crippen molar-refractivity contribution in [2.75, 3.05) is 6.54 Å². The molecule has 0 amide bonds. The zero-order valence-electron chi connectivity index (χ0n) is 8.12. The molecule has 0 aliphatic heterocycles. The summed E-state index contributed by atoms with van der Waals surface area (Å²) in [5.74, 6) is 0.957. The van der Waals surface area contributed by atoms with Crippen LogP contribution in [0.4, 0.5) is 0 Å². The molecular formula is C11H17NO. The molecule has 1 aliphatic carbocycles. The molecule has 1 atom stereocenters. The number of hydrogen-bond acceptors (Lipinski definition) is 2. The summed E-state index contributed by atoms with van der Waals surface area (Å²) in [6.07, 6.45) is 7.72. The van der Waals surface area contributed by atoms with Crippen molar-refractivity contribution in [2.45, 2.75) is 32.2 Å². The Balaban J connectivity index is 1.95. The zero-order chi connectivity index (χ0) is 9.10. The van der Waals surface area contributed by atoms with Gasteiger partial charge in [0, 0.05) is 11.6 Å². The van der Waals surface area contributed by atoms with Crippen molar-refractivity contribution in [2.24, 2.45) is 5.92 Å². The average Bonchev–Trinajstić information content (AvgIpc) is 2.80. The summed E-state index contributed by atoms with van der Waals surface area (Å²) in [4.78, 5) is 0. The Kier molecular flexibility index (Phi) is 2.69. The van der Waals surface area contributed by atoms with Crippen LogP contribution in [0.3, 0.4) is 0 Å². The normalized spacial score (nSPS) is 18.8. The predicted molar refractivity (Wildman–Crippen MR) is 52.5 cm³/mol. The molecule has 0 spiro atoms. The first-order valence-electron chi connectivity index (χ1n) is 5.15. The molecule has 1 unspecified atom stereocenters. The Bertz CT molecular complexity index is 239. The monoisotopic (exact) mass is 179 g/mol. The van der Waals surface area contributed by atoms with Crippen LogP contribution in [0.1, 0.15) is 37.8 Å². The lowest BCUT2D eigenvalue weighted by Crippen LogP contribution is -2.20. The molecule has 1 aromatic rings. The van der Waals surface area contributed by atoms with Gasteiger partial charge >= 0.3 is 0 Å². The highest BCUT2D eigenvalue weighted by atomic mass is 16.3. The molecule has 2 heteroatoms. The van der Waals surface area contributed by atoms with Crippen molar-refractivity contribution < 1.29 is 4.42 Å². The van der Waals surface area contributed by atoms with Crippen molar-refractivity contribution in [3.63, 3.8) is 0 Å². The van der Waals surface area contributed by atoms with Crippen LogP contribution in [0.2, 0.25) is 0 Å². The Morgan fingerprint density at radius 1 is 1.62 bits per heavy atom. The van der Waals surface area contributed by atoms with Crippen LogP contribution in [0, 0.1) is 5.92 Å². The predicted octanol–water partition coefficient (Wildman–Crippen LogP) is 2.73. The molecule has 1 heterocycles. The van der Waals surface area contributed by atoms with Crippen molar-refractivity contribution in [1.29, 1.82) is 0 Å². The quantitative estimate of drug-likeness (QED) is 0.751. The van der Waals surface area contributed by atoms with Gasteiger partial charge in [0.2, 0.25) is 0 Å². The van der Waals surface area contributed by atoms with Crippen LogP contribution in [-0.4, -0.2) is 6.54 Å². The summed E-state index contributed by atoms with van der Waals surface area (Å²) in [5.41, 5.74) is 1.30. The second-order valence-electron chi connectivity index (χ2n) is 3.85. The van der Waals surface area contributed by atoms with Crippen molar-refractivity contribution in [1.82, 2.24) is 5.32 Å². The summed E-state index contributed by atoms with van der Waals surface area (Å²) < 4.78 is 5.10. The molecule has 0 radical (unpaired) electrons. The maximum atomic E-state index is 5.10. The smallest absolute Gasteiger partial charge is 0.0950 e. The Labute approximate surface area is 79.3 Å². The maximum Gasteiger partial charge on any atom is 0.0950 e. The third-order valence-corrected chi connectivity index (χ3v) is 2.66. The molecule has 72 valence electrons. The highest BCUT2D eigenvalue weighted by molar-refractivity contribution is 5.12. The third kappa shape index (κ3) is 2.34. The Hall–Kier alpha value is -0.760. The maximum absolute atomic E-state index is 5.10. The number of nitrogens with one attached hydrogen (secondary N) is 1. The highest BCUT2D eigenvalue weighted by Crippen LogP contribution is 2.37. The summed E-state index contributed by atoms with van der Waals surface area (Å²) in [5, 5.41) is 3.50. The lowest BCUT2D eigenvalue weighted by atomic mass is 10.0. The van der Waals surface area contributed by atoms with Crippen LogP contribution >= 0.6 is 0 Å². The van der Waals surface area contributed by atoms with Crippen LogP contribution in [-0.2, 0) is 0 Å². The lowest BCUT2D eigenvalue weighted by molar-refractivity contribution is 0.477. The van der Waals surface area contributed by atoms with Gasteiger partial charge in [-0.05, 0) is 24.9 Å². The highest BCUT2D eigenvalue weighted by Gasteiger charge is 2.26. The van der Waals surface area contributed by atoms with E-state index in [9.17, 15) is 0 Å². The Morgan fingerprint density at radius 2 is 2.46 bits per heavy atom. The molecule has 1 saturated carbocycles. The lowest BCUT2D eigenvalue weighted by Gasteiger charge is -2.15. The van der Waals surface area contributed by atoms with Gasteiger partial charge in [0.15, 0.2) is 0 Å². The first kappa shape index (κ1) is 8.82. The molecule has 1 fully saturated rings. The van der Waals surface area contributed by atoms with Crippen molar-refractivity contribution in [3.05, 3.63) is 24.2 Å². The van der Waals surface area contributed by atoms with Gasteiger partial charge in [0.05, 0.1) is 12.5 Å². The van der Waals surface area contributed by atoms with Crippen LogP contribution in [0.15, 0.2) is 23.0 Å². The standard InChI is InChI=1S/C11H17NO/c1-2-12-11(7-9-3-4-9)10-5-6-13-8-10/h5-6,8-9,11-12H,2-4,7H2,1H3. The van der Waals surface area contributed by atoms with Crippen LogP contribution in [0.5, 0.6) is 0 Å². The minimum Gasteiger partial charge on any atom is -0.472 e. The first-order chi connectivity index (χ1) is 6.40. The average molecular weight is 179 g/mol. The first-order valence-corrected chi connectivity index (χ1v) is 5.15. The minimum absolute atomic E-state index is 0.510. The van der Waals surface area contributed by atoms with Gasteiger partial charge in [-0.1, -0.05) is 19.8 Å². The van der Waals surface area contributed by atoms with E-state index in [0.29, 0.717) is 6.04 Å². The zero-order valence-corrected chi connectivity index (χ0v) is 8.12. The second-order valence-corrected chi connectivity index (χ2v) is 3.85. The second kappa shape index (κ2) is 3.97. The molecule has 1 aromatic heterocycles. The van der Waals surface area contributed by atoms with E-state index < -0.39 is 0 Å². The SMILES string of the molecule is CCNC(CC1CC1)c1ccoc1. The van der Waals surface area contributed by atoms with Crippen molar-refractivity contribution >= 4 is 0 Å². The molecule has 2 rings (SSSR count). The fourth-order valence-electron chi connectivity index (χ4n) is 1.74. The van der Waals surface area contributed by atoms with E-state index in [1.54, 1.807) is 6.26 Å². The molecule has 2 nitrogen and oxygen atoms in total. The van der Waals surface area contributed by atoms with E-state index in [1.165, 1.54) is 24.8 Å². The molecule has 13 heavy (non-hydrogen) atoms. The van der Waals surface area contributed by atoms with Gasteiger partial charge in [-0.15, -0.1) is 0 Å². The fourth-order valence-corrected chi connectivity index (χ4v) is 1.74. The molecule has 0 aromatic carbocycles. The summed E-state index contributed by atoms with van der Waals surface area (Å²) in [6, 6.07) is 2.58. The van der Waals surface area contributed by atoms with Gasteiger partial charge in [0.25, 0.3) is 0 Å². The fraction of sp³-hybridized carbons (Fsp3) is 0.636. The largest absolute Gasteiger partial charge is 0.472 e. The third-order valence-electron chi connectivity index (χ3n) is 2.66. The van der Waals surface area contributed by atoms with Gasteiger partial charge < -0.3 is 9.73 Å². The molecule has 0 bridgehead atoms. The number of hydrogen-bond donors (Lipinski definition) is 1. The van der Waals surface area contributed by atoms with Gasteiger partial charge in [-0.25, -0.2) is 0 Å². The van der Waals surface area contributed by atoms with E-state index in [2.05, 4.69) is 18.3 Å². The van der Waals surface area contributed by atoms with E-state index in [1.807, 2.05) is 6.26 Å². The van der Waals surface area contributed by atoms with Gasteiger partial charge in [0.1, 0.15) is 0 Å². The molecule has 1 aliphatic rings. The summed E-state index contributed by atoms with van der Waals surface area (Å²) in [6.45, 7) is 3.18. The molecular weight excluding hydrogens is 162 g/mol. The minimum atomic E-state index is 0.510. The summed E-state index contributed by atoms with van der Waals surface area (Å²) in [7, 11) is 0. The molecule has 1 N–H and O–H groups in total. The van der Waals surface area contributed by atoms with E-state index in [0.717, 1.165) is 12.5 Å². The number of furan rings is 1. The van der Waals surface area contributed by atoms with Gasteiger partial charge in [-0.2, -0.15) is 0 Å². The van der Waals surface area contributed by atoms with E-state index in [-0.39, 0.29) is 0 Å². The Morgan fingerprint density at radius 3 is 3.00 bits per heavy atom. The number of rotatable bonds is 5. The van der Waals surface area contributed by atoms with Crippen LogP contribution < -0.4 is 5.32 Å². The van der Waals surface area contributed by atoms with Crippen molar-refractivity contribution in [3.8, 4) is 0 Å².